The minimum Gasteiger partial charge on any atom is -0.495 e. The van der Waals surface area contributed by atoms with E-state index in [0.717, 1.165) is 18.8 Å². The van der Waals surface area contributed by atoms with Gasteiger partial charge in [0.15, 0.2) is 0 Å². The Balaban J connectivity index is 1.74. The van der Waals surface area contributed by atoms with Gasteiger partial charge in [0.2, 0.25) is 5.95 Å². The zero-order valence-electron chi connectivity index (χ0n) is 22.7. The molecule has 0 aliphatic heterocycles. The Labute approximate surface area is 229 Å². The van der Waals surface area contributed by atoms with Gasteiger partial charge in [0.1, 0.15) is 11.6 Å². The molecule has 1 aromatic heterocycles. The maximum atomic E-state index is 15.0. The number of carbonyl (C=O) groups is 1. The molecule has 202 valence electrons. The molecule has 0 saturated carbocycles. The van der Waals surface area contributed by atoms with E-state index in [1.165, 1.54) is 32.0 Å². The highest BCUT2D eigenvalue weighted by atomic mass is 35.5. The van der Waals surface area contributed by atoms with Crippen molar-refractivity contribution in [2.45, 2.75) is 27.7 Å². The zero-order chi connectivity index (χ0) is 27.8. The van der Waals surface area contributed by atoms with E-state index in [1.54, 1.807) is 18.5 Å². The topological polar surface area (TPSA) is 79.4 Å². The van der Waals surface area contributed by atoms with Crippen LogP contribution in [0.25, 0.3) is 12.2 Å². The number of methoxy groups -OCH3 is 1. The van der Waals surface area contributed by atoms with Crippen LogP contribution in [0, 0.1) is 17.7 Å². The highest BCUT2D eigenvalue weighted by Gasteiger charge is 2.20. The lowest BCUT2D eigenvalue weighted by Gasteiger charge is -2.28. The van der Waals surface area contributed by atoms with Crippen molar-refractivity contribution in [2.24, 2.45) is 11.8 Å². The van der Waals surface area contributed by atoms with Crippen LogP contribution in [0.15, 0.2) is 42.7 Å². The molecule has 0 aliphatic rings. The van der Waals surface area contributed by atoms with E-state index in [-0.39, 0.29) is 21.9 Å². The summed E-state index contributed by atoms with van der Waals surface area (Å²) in [4.78, 5) is 23.2. The number of hydrogen-bond donors (Lipinski definition) is 2. The molecule has 3 aromatic rings. The lowest BCUT2D eigenvalue weighted by Crippen LogP contribution is -2.31. The van der Waals surface area contributed by atoms with Crippen molar-refractivity contribution in [1.29, 1.82) is 0 Å². The summed E-state index contributed by atoms with van der Waals surface area (Å²) in [6, 6.07) is 9.50. The van der Waals surface area contributed by atoms with Crippen molar-refractivity contribution < 1.29 is 13.9 Å². The third-order valence-corrected chi connectivity index (χ3v) is 6.06. The monoisotopic (exact) mass is 539 g/mol. The summed E-state index contributed by atoms with van der Waals surface area (Å²) in [7, 11) is 2.83. The number of rotatable bonds is 11. The zero-order valence-corrected chi connectivity index (χ0v) is 23.4. The first-order valence-corrected chi connectivity index (χ1v) is 12.9. The Bertz CT molecular complexity index is 1250. The molecule has 0 radical (unpaired) electrons. The van der Waals surface area contributed by atoms with Crippen molar-refractivity contribution >= 4 is 47.0 Å². The lowest BCUT2D eigenvalue weighted by atomic mass is 10.1. The molecule has 2 N–H and O–H groups in total. The Kier molecular flexibility index (Phi) is 10.1. The van der Waals surface area contributed by atoms with Gasteiger partial charge in [-0.05, 0) is 48.2 Å². The molecule has 0 aliphatic carbocycles. The molecule has 2 aromatic carbocycles. The number of amides is 1. The first-order valence-electron chi connectivity index (χ1n) is 12.5. The summed E-state index contributed by atoms with van der Waals surface area (Å²) in [5.41, 5.74) is 2.56. The largest absolute Gasteiger partial charge is 0.495 e. The number of ether oxygens (including phenoxy) is 1. The van der Waals surface area contributed by atoms with Crippen LogP contribution in [0.1, 0.15) is 49.2 Å². The first kappa shape index (κ1) is 28.9. The number of nitrogens with zero attached hydrogens (tertiary/aromatic N) is 3. The fourth-order valence-electron chi connectivity index (χ4n) is 3.95. The van der Waals surface area contributed by atoms with Crippen molar-refractivity contribution in [3.8, 4) is 5.75 Å². The third-order valence-electron chi connectivity index (χ3n) is 5.67. The average molecular weight is 540 g/mol. The number of aromatic nitrogens is 2. The van der Waals surface area contributed by atoms with Gasteiger partial charge in [0, 0.05) is 55.0 Å². The van der Waals surface area contributed by atoms with Crippen LogP contribution >= 0.6 is 11.6 Å². The summed E-state index contributed by atoms with van der Waals surface area (Å²) in [6.45, 7) is 10.9. The number of nitrogens with one attached hydrogen (secondary N) is 2. The summed E-state index contributed by atoms with van der Waals surface area (Å²) in [6.07, 6.45) is 6.31. The highest BCUT2D eigenvalue weighted by Crippen LogP contribution is 2.34. The van der Waals surface area contributed by atoms with Crippen LogP contribution < -0.4 is 20.3 Å². The molecule has 1 amide bonds. The molecule has 0 saturated heterocycles. The van der Waals surface area contributed by atoms with Crippen molar-refractivity contribution in [3.63, 3.8) is 0 Å². The molecule has 0 fully saturated rings. The molecule has 3 rings (SSSR count). The van der Waals surface area contributed by atoms with Gasteiger partial charge < -0.3 is 20.3 Å². The summed E-state index contributed by atoms with van der Waals surface area (Å²) in [5.74, 6) is 0.456. The van der Waals surface area contributed by atoms with E-state index in [0.29, 0.717) is 23.3 Å². The van der Waals surface area contributed by atoms with Gasteiger partial charge in [-0.1, -0.05) is 45.4 Å². The Hall–Kier alpha value is -3.65. The number of carbonyl (C=O) groups excluding carboxylic acids is 1. The van der Waals surface area contributed by atoms with Gasteiger partial charge in [0.05, 0.1) is 17.7 Å². The number of benzene rings is 2. The van der Waals surface area contributed by atoms with Gasteiger partial charge in [0.25, 0.3) is 5.91 Å². The normalized spacial score (nSPS) is 11.3. The van der Waals surface area contributed by atoms with Crippen LogP contribution in [0.5, 0.6) is 5.75 Å². The predicted molar refractivity (Wildman–Crippen MR) is 154 cm³/mol. The van der Waals surface area contributed by atoms with Gasteiger partial charge in [-0.25, -0.2) is 14.4 Å². The van der Waals surface area contributed by atoms with Crippen LogP contribution in [-0.4, -0.2) is 43.1 Å². The molecule has 0 unspecified atom stereocenters. The van der Waals surface area contributed by atoms with E-state index in [4.69, 9.17) is 16.3 Å². The van der Waals surface area contributed by atoms with E-state index in [1.807, 2.05) is 12.1 Å². The average Bonchev–Trinajstić information content (AvgIpc) is 2.89. The summed E-state index contributed by atoms with van der Waals surface area (Å²) in [5, 5.41) is 5.68. The van der Waals surface area contributed by atoms with E-state index < -0.39 is 11.7 Å². The van der Waals surface area contributed by atoms with Crippen molar-refractivity contribution in [2.75, 3.05) is 37.5 Å². The molecular formula is C29H35ClFN5O2. The second-order valence-electron chi connectivity index (χ2n) is 9.79. The Morgan fingerprint density at radius 3 is 2.21 bits per heavy atom. The van der Waals surface area contributed by atoms with Crippen LogP contribution in [0.3, 0.4) is 0 Å². The smallest absolute Gasteiger partial charge is 0.254 e. The van der Waals surface area contributed by atoms with Gasteiger partial charge in [-0.2, -0.15) is 0 Å². The second-order valence-corrected chi connectivity index (χ2v) is 10.2. The van der Waals surface area contributed by atoms with Crippen LogP contribution in [0.4, 0.5) is 21.7 Å². The second kappa shape index (κ2) is 13.2. The quantitative estimate of drug-likeness (QED) is 0.283. The number of hydrogen-bond acceptors (Lipinski definition) is 6. The van der Waals surface area contributed by atoms with E-state index in [9.17, 15) is 4.79 Å². The van der Waals surface area contributed by atoms with Gasteiger partial charge in [-0.15, -0.1) is 0 Å². The van der Waals surface area contributed by atoms with Crippen LogP contribution in [0.2, 0.25) is 5.02 Å². The van der Waals surface area contributed by atoms with Gasteiger partial charge >= 0.3 is 0 Å². The molecular weight excluding hydrogens is 505 g/mol. The highest BCUT2D eigenvalue weighted by molar-refractivity contribution is 6.33. The maximum Gasteiger partial charge on any atom is 0.254 e. The lowest BCUT2D eigenvalue weighted by molar-refractivity contribution is 0.0958. The fourth-order valence-corrected chi connectivity index (χ4v) is 4.22. The van der Waals surface area contributed by atoms with E-state index in [2.05, 4.69) is 65.3 Å². The maximum absolute atomic E-state index is 15.0. The molecule has 7 nitrogen and oxygen atoms in total. The van der Waals surface area contributed by atoms with Crippen molar-refractivity contribution in [3.05, 3.63) is 70.3 Å². The molecule has 9 heteroatoms. The summed E-state index contributed by atoms with van der Waals surface area (Å²) < 4.78 is 20.2. The van der Waals surface area contributed by atoms with E-state index >= 15 is 4.39 Å². The molecule has 38 heavy (non-hydrogen) atoms. The minimum absolute atomic E-state index is 0.0379. The molecule has 0 atom stereocenters. The molecule has 0 bridgehead atoms. The molecule has 0 spiro atoms. The Morgan fingerprint density at radius 1 is 1.08 bits per heavy atom. The molecule has 1 heterocycles. The fraction of sp³-hybridized carbons (Fsp3) is 0.345. The Morgan fingerprint density at radius 2 is 1.68 bits per heavy atom. The predicted octanol–water partition coefficient (Wildman–Crippen LogP) is 6.67. The third kappa shape index (κ3) is 7.44. The SMILES string of the molecule is CNC(=O)c1cc(OC)c(Cl)c(/C=C/c2cnc(Nc3ccc(N(CC(C)C)CC(C)C)cc3)nc2)c1F. The number of halogens is 2. The minimum atomic E-state index is -0.741. The first-order chi connectivity index (χ1) is 18.1. The van der Waals surface area contributed by atoms with Crippen LogP contribution in [-0.2, 0) is 0 Å². The summed E-state index contributed by atoms with van der Waals surface area (Å²) >= 11 is 6.30. The van der Waals surface area contributed by atoms with Gasteiger partial charge in [-0.3, -0.25) is 4.79 Å². The number of anilines is 3. The van der Waals surface area contributed by atoms with Crippen molar-refractivity contribution in [1.82, 2.24) is 15.3 Å². The standard InChI is InChI=1S/C29H35ClFN5O2/c1-18(2)16-36(17-19(3)4)22-10-8-21(9-11-22)35-29-33-14-20(15-34-29)7-12-23-26(30)25(38-6)13-24(27(23)31)28(37)32-5/h7-15,18-19H,16-17H2,1-6H3,(H,32,37)(H,33,34,35)/b12-7+.